The summed E-state index contributed by atoms with van der Waals surface area (Å²) in [5, 5.41) is 8.81. The molecule has 1 rings (SSSR count). The number of hydrogen-bond acceptors (Lipinski definition) is 2. The van der Waals surface area contributed by atoms with Crippen LogP contribution in [0, 0.1) is 6.92 Å². The van der Waals surface area contributed by atoms with Crippen LogP contribution in [-0.2, 0) is 0 Å². The van der Waals surface area contributed by atoms with Crippen molar-refractivity contribution in [3.05, 3.63) is 33.8 Å². The molecule has 0 saturated heterocycles. The van der Waals surface area contributed by atoms with Gasteiger partial charge in [0.2, 0.25) is 0 Å². The van der Waals surface area contributed by atoms with Gasteiger partial charge < -0.3 is 10.8 Å². The molecule has 0 fully saturated rings. The van der Waals surface area contributed by atoms with Gasteiger partial charge >= 0.3 is 0 Å². The monoisotopic (exact) mass is 265 g/mol. The predicted molar refractivity (Wildman–Crippen MR) is 60.1 cm³/mol. The third kappa shape index (κ3) is 3.27. The van der Waals surface area contributed by atoms with Crippen molar-refractivity contribution in [3.8, 4) is 0 Å². The van der Waals surface area contributed by atoms with Gasteiger partial charge in [-0.25, -0.2) is 0 Å². The lowest BCUT2D eigenvalue weighted by atomic mass is 10.1. The zero-order chi connectivity index (χ0) is 9.14. The Morgan fingerprint density at radius 2 is 2.15 bits per heavy atom. The standard InChI is InChI=1S/C9H12BrNO.ClH/c1-6-2-3-7(4-8(6)10)9(11)5-12;/h2-4,9,12H,5,11H2,1H3;1H/t9-;/m1./s1. The van der Waals surface area contributed by atoms with Crippen molar-refractivity contribution in [3.63, 3.8) is 0 Å². The molecule has 0 amide bonds. The smallest absolute Gasteiger partial charge is 0.0624 e. The molecule has 0 aromatic heterocycles. The Hall–Kier alpha value is -0.0900. The number of aliphatic hydroxyl groups excluding tert-OH is 1. The zero-order valence-electron chi connectivity index (χ0n) is 7.33. The molecule has 0 heterocycles. The molecular formula is C9H13BrClNO. The third-order valence-corrected chi connectivity index (χ3v) is 2.68. The van der Waals surface area contributed by atoms with Gasteiger partial charge in [0.25, 0.3) is 0 Å². The van der Waals surface area contributed by atoms with Gasteiger partial charge in [-0.3, -0.25) is 0 Å². The summed E-state index contributed by atoms with van der Waals surface area (Å²) in [6.07, 6.45) is 0. The fraction of sp³-hybridized carbons (Fsp3) is 0.333. The van der Waals surface area contributed by atoms with Gasteiger partial charge in [-0.15, -0.1) is 12.4 Å². The summed E-state index contributed by atoms with van der Waals surface area (Å²) in [5.74, 6) is 0. The number of hydrogen-bond donors (Lipinski definition) is 2. The fourth-order valence-corrected chi connectivity index (χ4v) is 1.34. The van der Waals surface area contributed by atoms with Crippen LogP contribution in [0.2, 0.25) is 0 Å². The summed E-state index contributed by atoms with van der Waals surface area (Å²) < 4.78 is 1.03. The van der Waals surface area contributed by atoms with Crippen molar-refractivity contribution in [2.45, 2.75) is 13.0 Å². The van der Waals surface area contributed by atoms with E-state index in [4.69, 9.17) is 10.8 Å². The average molecular weight is 267 g/mol. The van der Waals surface area contributed by atoms with Gasteiger partial charge in [0, 0.05) is 4.47 Å². The molecule has 0 aliphatic rings. The number of aryl methyl sites for hydroxylation is 1. The Kier molecular flexibility index (Phi) is 5.56. The largest absolute Gasteiger partial charge is 0.394 e. The summed E-state index contributed by atoms with van der Waals surface area (Å²) >= 11 is 3.41. The summed E-state index contributed by atoms with van der Waals surface area (Å²) in [6, 6.07) is 5.58. The Morgan fingerprint density at radius 3 is 2.62 bits per heavy atom. The van der Waals surface area contributed by atoms with Crippen molar-refractivity contribution < 1.29 is 5.11 Å². The van der Waals surface area contributed by atoms with Crippen molar-refractivity contribution in [1.82, 2.24) is 0 Å². The maximum absolute atomic E-state index is 8.81. The minimum atomic E-state index is -0.276. The van der Waals surface area contributed by atoms with Crippen molar-refractivity contribution in [2.75, 3.05) is 6.61 Å². The Labute approximate surface area is 92.7 Å². The molecule has 3 N–H and O–H groups in total. The highest BCUT2D eigenvalue weighted by atomic mass is 79.9. The third-order valence-electron chi connectivity index (χ3n) is 1.82. The normalized spacial score (nSPS) is 12.0. The van der Waals surface area contributed by atoms with Crippen LogP contribution in [0.3, 0.4) is 0 Å². The molecule has 0 unspecified atom stereocenters. The predicted octanol–water partition coefficient (Wildman–Crippen LogP) is 2.17. The van der Waals surface area contributed by atoms with E-state index in [-0.39, 0.29) is 25.1 Å². The molecule has 0 bridgehead atoms. The van der Waals surface area contributed by atoms with Gasteiger partial charge in [-0.1, -0.05) is 28.1 Å². The molecule has 0 aliphatic heterocycles. The maximum atomic E-state index is 8.81. The summed E-state index contributed by atoms with van der Waals surface area (Å²) in [7, 11) is 0. The van der Waals surface area contributed by atoms with Crippen LogP contribution in [0.1, 0.15) is 17.2 Å². The Morgan fingerprint density at radius 1 is 1.54 bits per heavy atom. The molecule has 1 aromatic carbocycles. The highest BCUT2D eigenvalue weighted by Crippen LogP contribution is 2.20. The first-order valence-corrected chi connectivity index (χ1v) is 4.57. The number of rotatable bonds is 2. The molecule has 1 atom stereocenters. The van der Waals surface area contributed by atoms with E-state index < -0.39 is 0 Å². The maximum Gasteiger partial charge on any atom is 0.0624 e. The highest BCUT2D eigenvalue weighted by molar-refractivity contribution is 9.10. The number of halogens is 2. The van der Waals surface area contributed by atoms with Crippen LogP contribution in [-0.4, -0.2) is 11.7 Å². The quantitative estimate of drug-likeness (QED) is 0.862. The van der Waals surface area contributed by atoms with E-state index in [9.17, 15) is 0 Å². The van der Waals surface area contributed by atoms with Crippen LogP contribution in [0.15, 0.2) is 22.7 Å². The molecule has 2 nitrogen and oxygen atoms in total. The van der Waals surface area contributed by atoms with E-state index in [0.29, 0.717) is 0 Å². The first-order valence-electron chi connectivity index (χ1n) is 3.77. The van der Waals surface area contributed by atoms with Crippen LogP contribution < -0.4 is 5.73 Å². The minimum Gasteiger partial charge on any atom is -0.394 e. The lowest BCUT2D eigenvalue weighted by Crippen LogP contribution is -2.14. The second-order valence-corrected chi connectivity index (χ2v) is 3.65. The molecule has 1 aromatic rings. The fourth-order valence-electron chi connectivity index (χ4n) is 0.945. The van der Waals surface area contributed by atoms with Crippen LogP contribution in [0.4, 0.5) is 0 Å². The van der Waals surface area contributed by atoms with E-state index in [2.05, 4.69) is 15.9 Å². The van der Waals surface area contributed by atoms with Crippen LogP contribution >= 0.6 is 28.3 Å². The van der Waals surface area contributed by atoms with Gasteiger partial charge in [0.1, 0.15) is 0 Å². The molecule has 0 radical (unpaired) electrons. The van der Waals surface area contributed by atoms with Crippen LogP contribution in [0.5, 0.6) is 0 Å². The van der Waals surface area contributed by atoms with Crippen molar-refractivity contribution in [1.29, 1.82) is 0 Å². The molecule has 0 aliphatic carbocycles. The van der Waals surface area contributed by atoms with Gasteiger partial charge in [-0.05, 0) is 24.1 Å². The Balaban J connectivity index is 0.00000144. The Bertz CT molecular complexity index is 280. The van der Waals surface area contributed by atoms with Gasteiger partial charge in [0.15, 0.2) is 0 Å². The minimum absolute atomic E-state index is 0. The number of aliphatic hydroxyl groups is 1. The van der Waals surface area contributed by atoms with E-state index in [1.54, 1.807) is 0 Å². The summed E-state index contributed by atoms with van der Waals surface area (Å²) in [5.41, 5.74) is 7.77. The second-order valence-electron chi connectivity index (χ2n) is 2.80. The highest BCUT2D eigenvalue weighted by Gasteiger charge is 2.04. The molecular weight excluding hydrogens is 253 g/mol. The summed E-state index contributed by atoms with van der Waals surface area (Å²) in [6.45, 7) is 1.99. The molecule has 0 saturated carbocycles. The SMILES string of the molecule is Cc1ccc([C@H](N)CO)cc1Br.Cl. The second kappa shape index (κ2) is 5.60. The first-order chi connectivity index (χ1) is 5.65. The molecule has 13 heavy (non-hydrogen) atoms. The van der Waals surface area contributed by atoms with E-state index in [1.807, 2.05) is 25.1 Å². The first kappa shape index (κ1) is 12.9. The van der Waals surface area contributed by atoms with E-state index in [1.165, 1.54) is 5.56 Å². The lowest BCUT2D eigenvalue weighted by molar-refractivity contribution is 0.268. The van der Waals surface area contributed by atoms with Gasteiger partial charge in [0.05, 0.1) is 12.6 Å². The average Bonchev–Trinajstić information content (AvgIpc) is 2.08. The molecule has 4 heteroatoms. The van der Waals surface area contributed by atoms with Crippen LogP contribution in [0.25, 0.3) is 0 Å². The topological polar surface area (TPSA) is 46.2 Å². The zero-order valence-corrected chi connectivity index (χ0v) is 9.73. The molecule has 0 spiro atoms. The molecule has 74 valence electrons. The van der Waals surface area contributed by atoms with Gasteiger partial charge in [-0.2, -0.15) is 0 Å². The summed E-state index contributed by atoms with van der Waals surface area (Å²) in [4.78, 5) is 0. The van der Waals surface area contributed by atoms with E-state index in [0.717, 1.165) is 10.0 Å². The van der Waals surface area contributed by atoms with E-state index >= 15 is 0 Å². The number of nitrogens with two attached hydrogens (primary N) is 1. The van der Waals surface area contributed by atoms with Crippen molar-refractivity contribution in [2.24, 2.45) is 5.73 Å². The number of benzene rings is 1. The lowest BCUT2D eigenvalue weighted by Gasteiger charge is -2.09. The van der Waals surface area contributed by atoms with Crippen molar-refractivity contribution >= 4 is 28.3 Å².